The topological polar surface area (TPSA) is 89.4 Å². The molecule has 4 N–H and O–H groups in total. The number of hydrogen-bond donors (Lipinski definition) is 2. The molecule has 0 heterocycles. The summed E-state index contributed by atoms with van der Waals surface area (Å²) in [5.41, 5.74) is 8.98. The lowest BCUT2D eigenvalue weighted by Gasteiger charge is -2.24. The molecule has 21 heavy (non-hydrogen) atoms. The van der Waals surface area contributed by atoms with E-state index in [1.54, 1.807) is 6.07 Å². The predicted molar refractivity (Wildman–Crippen MR) is 86.1 cm³/mol. The molecule has 0 bridgehead atoms. The third-order valence-corrected chi connectivity index (χ3v) is 4.08. The summed E-state index contributed by atoms with van der Waals surface area (Å²) < 4.78 is 23.1. The van der Waals surface area contributed by atoms with Gasteiger partial charge in [0.15, 0.2) is 0 Å². The van der Waals surface area contributed by atoms with Crippen LogP contribution in [0.3, 0.4) is 0 Å². The SMILES string of the molecule is CCN(c1cccc(C)c1)c1cc(N)cc(S(N)(=O)=O)c1. The molecule has 0 fully saturated rings. The van der Waals surface area contributed by atoms with Crippen molar-refractivity contribution in [1.82, 2.24) is 0 Å². The van der Waals surface area contributed by atoms with Crippen LogP contribution in [0.25, 0.3) is 0 Å². The van der Waals surface area contributed by atoms with Gasteiger partial charge in [0.25, 0.3) is 0 Å². The summed E-state index contributed by atoms with van der Waals surface area (Å²) >= 11 is 0. The average Bonchev–Trinajstić information content (AvgIpc) is 2.38. The summed E-state index contributed by atoms with van der Waals surface area (Å²) in [6.45, 7) is 4.67. The summed E-state index contributed by atoms with van der Waals surface area (Å²) in [5.74, 6) is 0. The molecule has 2 rings (SSSR count). The lowest BCUT2D eigenvalue weighted by atomic mass is 10.2. The zero-order valence-corrected chi connectivity index (χ0v) is 12.9. The number of aryl methyl sites for hydroxylation is 1. The molecule has 0 spiro atoms. The molecule has 0 amide bonds. The van der Waals surface area contributed by atoms with E-state index in [-0.39, 0.29) is 4.90 Å². The van der Waals surface area contributed by atoms with E-state index in [2.05, 4.69) is 0 Å². The molecule has 5 nitrogen and oxygen atoms in total. The van der Waals surface area contributed by atoms with Crippen LogP contribution in [0, 0.1) is 6.92 Å². The van der Waals surface area contributed by atoms with E-state index in [9.17, 15) is 8.42 Å². The number of hydrogen-bond acceptors (Lipinski definition) is 4. The normalized spacial score (nSPS) is 11.4. The number of sulfonamides is 1. The Bertz CT molecular complexity index is 757. The smallest absolute Gasteiger partial charge is 0.238 e. The first-order chi connectivity index (χ1) is 9.81. The fraction of sp³-hybridized carbons (Fsp3) is 0.200. The van der Waals surface area contributed by atoms with Gasteiger partial charge in [0, 0.05) is 23.6 Å². The number of primary sulfonamides is 1. The van der Waals surface area contributed by atoms with Crippen LogP contribution in [-0.4, -0.2) is 15.0 Å². The van der Waals surface area contributed by atoms with Gasteiger partial charge in [-0.1, -0.05) is 12.1 Å². The first-order valence-electron chi connectivity index (χ1n) is 6.59. The Kier molecular flexibility index (Phi) is 4.20. The number of nitrogens with two attached hydrogens (primary N) is 2. The van der Waals surface area contributed by atoms with Gasteiger partial charge in [-0.25, -0.2) is 13.6 Å². The highest BCUT2D eigenvalue weighted by Crippen LogP contribution is 2.29. The van der Waals surface area contributed by atoms with Crippen molar-refractivity contribution in [2.45, 2.75) is 18.7 Å². The molecule has 6 heteroatoms. The second-order valence-electron chi connectivity index (χ2n) is 4.89. The number of anilines is 3. The van der Waals surface area contributed by atoms with Crippen LogP contribution in [0.1, 0.15) is 12.5 Å². The highest BCUT2D eigenvalue weighted by molar-refractivity contribution is 7.89. The van der Waals surface area contributed by atoms with Crippen LogP contribution < -0.4 is 15.8 Å². The molecule has 2 aromatic rings. The zero-order valence-electron chi connectivity index (χ0n) is 12.1. The second kappa shape index (κ2) is 5.75. The van der Waals surface area contributed by atoms with E-state index in [1.807, 2.05) is 43.0 Å². The van der Waals surface area contributed by atoms with Gasteiger partial charge in [-0.15, -0.1) is 0 Å². The van der Waals surface area contributed by atoms with Crippen LogP contribution in [0.5, 0.6) is 0 Å². The van der Waals surface area contributed by atoms with Crippen molar-refractivity contribution >= 4 is 27.1 Å². The van der Waals surface area contributed by atoms with E-state index in [1.165, 1.54) is 12.1 Å². The number of nitrogens with zero attached hydrogens (tertiary/aromatic N) is 1. The first kappa shape index (κ1) is 15.3. The van der Waals surface area contributed by atoms with Crippen LogP contribution >= 0.6 is 0 Å². The van der Waals surface area contributed by atoms with Gasteiger partial charge in [0.1, 0.15) is 0 Å². The van der Waals surface area contributed by atoms with Gasteiger partial charge >= 0.3 is 0 Å². The minimum atomic E-state index is -3.79. The molecule has 0 atom stereocenters. The van der Waals surface area contributed by atoms with Crippen molar-refractivity contribution in [2.75, 3.05) is 17.2 Å². The van der Waals surface area contributed by atoms with Crippen molar-refractivity contribution < 1.29 is 8.42 Å². The van der Waals surface area contributed by atoms with Crippen molar-refractivity contribution in [3.8, 4) is 0 Å². The molecule has 0 radical (unpaired) electrons. The summed E-state index contributed by atoms with van der Waals surface area (Å²) in [6.07, 6.45) is 0. The first-order valence-corrected chi connectivity index (χ1v) is 8.13. The third-order valence-electron chi connectivity index (χ3n) is 3.18. The zero-order chi connectivity index (χ0) is 15.6. The highest BCUT2D eigenvalue weighted by Gasteiger charge is 2.14. The van der Waals surface area contributed by atoms with Crippen molar-refractivity contribution in [3.05, 3.63) is 48.0 Å². The molecule has 0 saturated carbocycles. The van der Waals surface area contributed by atoms with E-state index in [4.69, 9.17) is 10.9 Å². The molecule has 0 aliphatic heterocycles. The molecule has 0 saturated heterocycles. The Labute approximate surface area is 125 Å². The van der Waals surface area contributed by atoms with E-state index in [0.717, 1.165) is 11.3 Å². The predicted octanol–water partition coefficient (Wildman–Crippen LogP) is 2.38. The molecule has 0 aromatic heterocycles. The van der Waals surface area contributed by atoms with E-state index < -0.39 is 10.0 Å². The fourth-order valence-corrected chi connectivity index (χ4v) is 2.82. The van der Waals surface area contributed by atoms with Gasteiger partial charge in [-0.3, -0.25) is 0 Å². The number of rotatable bonds is 4. The minimum absolute atomic E-state index is 0.0172. The summed E-state index contributed by atoms with van der Waals surface area (Å²) in [6, 6.07) is 12.6. The molecular weight excluding hydrogens is 286 g/mol. The second-order valence-corrected chi connectivity index (χ2v) is 6.45. The summed E-state index contributed by atoms with van der Waals surface area (Å²) in [5, 5.41) is 5.20. The summed E-state index contributed by atoms with van der Waals surface area (Å²) in [7, 11) is -3.79. The average molecular weight is 305 g/mol. The molecular formula is C15H19N3O2S. The number of benzene rings is 2. The fourth-order valence-electron chi connectivity index (χ4n) is 2.24. The van der Waals surface area contributed by atoms with Crippen LogP contribution in [0.15, 0.2) is 47.4 Å². The van der Waals surface area contributed by atoms with Crippen LogP contribution in [0.4, 0.5) is 17.1 Å². The largest absolute Gasteiger partial charge is 0.399 e. The van der Waals surface area contributed by atoms with E-state index >= 15 is 0 Å². The Morgan fingerprint density at radius 3 is 2.38 bits per heavy atom. The Morgan fingerprint density at radius 1 is 1.10 bits per heavy atom. The molecule has 112 valence electrons. The Morgan fingerprint density at radius 2 is 1.81 bits per heavy atom. The van der Waals surface area contributed by atoms with Crippen LogP contribution in [0.2, 0.25) is 0 Å². The number of nitrogen functional groups attached to an aromatic ring is 1. The molecule has 0 aliphatic carbocycles. The van der Waals surface area contributed by atoms with Gasteiger partial charge in [0.05, 0.1) is 4.90 Å². The van der Waals surface area contributed by atoms with Crippen molar-refractivity contribution in [3.63, 3.8) is 0 Å². The Hall–Kier alpha value is -2.05. The standard InChI is InChI=1S/C15H19N3O2S/c1-3-18(13-6-4-5-11(2)7-13)14-8-12(16)9-15(10-14)21(17,19)20/h4-10H,3,16H2,1-2H3,(H2,17,19,20). The van der Waals surface area contributed by atoms with Gasteiger partial charge < -0.3 is 10.6 Å². The third kappa shape index (κ3) is 3.53. The maximum atomic E-state index is 11.5. The van der Waals surface area contributed by atoms with Crippen molar-refractivity contribution in [2.24, 2.45) is 5.14 Å². The van der Waals surface area contributed by atoms with E-state index in [0.29, 0.717) is 17.9 Å². The minimum Gasteiger partial charge on any atom is -0.399 e. The highest BCUT2D eigenvalue weighted by atomic mass is 32.2. The lowest BCUT2D eigenvalue weighted by molar-refractivity contribution is 0.598. The van der Waals surface area contributed by atoms with Gasteiger partial charge in [-0.05, 0) is 49.7 Å². The molecule has 2 aromatic carbocycles. The maximum Gasteiger partial charge on any atom is 0.238 e. The van der Waals surface area contributed by atoms with Gasteiger partial charge in [0.2, 0.25) is 10.0 Å². The quantitative estimate of drug-likeness (QED) is 0.849. The molecule has 0 aliphatic rings. The van der Waals surface area contributed by atoms with Crippen molar-refractivity contribution in [1.29, 1.82) is 0 Å². The Balaban J connectivity index is 2.55. The van der Waals surface area contributed by atoms with Crippen LogP contribution in [-0.2, 0) is 10.0 Å². The summed E-state index contributed by atoms with van der Waals surface area (Å²) in [4.78, 5) is 2.00. The molecule has 0 unspecified atom stereocenters. The lowest BCUT2D eigenvalue weighted by Crippen LogP contribution is -2.18. The maximum absolute atomic E-state index is 11.5. The monoisotopic (exact) mass is 305 g/mol. The van der Waals surface area contributed by atoms with Gasteiger partial charge in [-0.2, -0.15) is 0 Å².